The van der Waals surface area contributed by atoms with E-state index in [1.165, 1.54) is 16.7 Å². The molecule has 0 aliphatic rings. The van der Waals surface area contributed by atoms with Crippen LogP contribution < -0.4 is 4.57 Å². The number of nitrogens with zero attached hydrogens (tertiary/aromatic N) is 2. The van der Waals surface area contributed by atoms with Gasteiger partial charge in [-0.15, -0.1) is 0 Å². The molecule has 0 aliphatic carbocycles. The molecule has 0 unspecified atom stereocenters. The van der Waals surface area contributed by atoms with Crippen LogP contribution in [0, 0.1) is 0 Å². The molecular weight excluding hydrogens is 232 g/mol. The smallest absolute Gasteiger partial charge is 0.173 e. The van der Waals surface area contributed by atoms with E-state index in [1.807, 2.05) is 30.6 Å². The van der Waals surface area contributed by atoms with E-state index in [2.05, 4.69) is 58.3 Å². The molecule has 3 aromatic rings. The van der Waals surface area contributed by atoms with E-state index < -0.39 is 0 Å². The standard InChI is InChI=1S/C17H15N2/c1-2-4-15(5-3-1)14-19-12-8-17(9-13-19)16-6-10-18-11-7-16/h1-13H,14H2/q+1. The first-order valence-electron chi connectivity index (χ1n) is 6.35. The predicted molar refractivity (Wildman–Crippen MR) is 75.4 cm³/mol. The van der Waals surface area contributed by atoms with Gasteiger partial charge in [0.15, 0.2) is 18.9 Å². The van der Waals surface area contributed by atoms with E-state index in [1.54, 1.807) is 0 Å². The number of hydrogen-bond acceptors (Lipinski definition) is 1. The van der Waals surface area contributed by atoms with Crippen molar-refractivity contribution in [2.24, 2.45) is 0 Å². The largest absolute Gasteiger partial charge is 0.265 e. The van der Waals surface area contributed by atoms with Gasteiger partial charge in [0.25, 0.3) is 0 Å². The van der Waals surface area contributed by atoms with Crippen LogP contribution in [-0.2, 0) is 6.54 Å². The Balaban J connectivity index is 1.80. The van der Waals surface area contributed by atoms with Gasteiger partial charge >= 0.3 is 0 Å². The normalized spacial score (nSPS) is 10.3. The fourth-order valence-corrected chi connectivity index (χ4v) is 2.09. The lowest BCUT2D eigenvalue weighted by Crippen LogP contribution is -2.32. The maximum absolute atomic E-state index is 4.04. The Morgan fingerprint density at radius 2 is 1.37 bits per heavy atom. The summed E-state index contributed by atoms with van der Waals surface area (Å²) in [5.41, 5.74) is 3.72. The molecule has 2 heteroatoms. The number of pyridine rings is 2. The molecule has 0 N–H and O–H groups in total. The van der Waals surface area contributed by atoms with Gasteiger partial charge in [0, 0.05) is 30.1 Å². The van der Waals surface area contributed by atoms with Gasteiger partial charge in [-0.2, -0.15) is 0 Å². The maximum atomic E-state index is 4.04. The highest BCUT2D eigenvalue weighted by molar-refractivity contribution is 5.61. The van der Waals surface area contributed by atoms with Gasteiger partial charge in [-0.25, -0.2) is 4.57 Å². The summed E-state index contributed by atoms with van der Waals surface area (Å²) >= 11 is 0. The Bertz CT molecular complexity index is 631. The van der Waals surface area contributed by atoms with Crippen LogP contribution in [-0.4, -0.2) is 4.98 Å². The van der Waals surface area contributed by atoms with E-state index in [0.29, 0.717) is 0 Å². The average Bonchev–Trinajstić information content (AvgIpc) is 2.50. The molecule has 0 bridgehead atoms. The summed E-state index contributed by atoms with van der Waals surface area (Å²) in [6.07, 6.45) is 7.87. The number of rotatable bonds is 3. The second kappa shape index (κ2) is 5.44. The zero-order valence-electron chi connectivity index (χ0n) is 10.6. The minimum atomic E-state index is 0.900. The topological polar surface area (TPSA) is 16.8 Å². The highest BCUT2D eigenvalue weighted by atomic mass is 14.9. The van der Waals surface area contributed by atoms with Crippen LogP contribution in [0.15, 0.2) is 79.4 Å². The molecule has 0 amide bonds. The van der Waals surface area contributed by atoms with Crippen molar-refractivity contribution in [2.45, 2.75) is 6.54 Å². The van der Waals surface area contributed by atoms with Crippen molar-refractivity contribution in [3.63, 3.8) is 0 Å². The van der Waals surface area contributed by atoms with Crippen molar-refractivity contribution in [1.82, 2.24) is 4.98 Å². The minimum Gasteiger partial charge on any atom is -0.265 e. The zero-order valence-corrected chi connectivity index (χ0v) is 10.6. The third-order valence-electron chi connectivity index (χ3n) is 3.11. The summed E-state index contributed by atoms with van der Waals surface area (Å²) in [7, 11) is 0. The van der Waals surface area contributed by atoms with Crippen LogP contribution in [0.2, 0.25) is 0 Å². The lowest BCUT2D eigenvalue weighted by Gasteiger charge is -2.01. The Morgan fingerprint density at radius 3 is 2.05 bits per heavy atom. The van der Waals surface area contributed by atoms with Crippen molar-refractivity contribution in [2.75, 3.05) is 0 Å². The Morgan fingerprint density at radius 1 is 0.737 bits per heavy atom. The Labute approximate surface area is 113 Å². The number of hydrogen-bond donors (Lipinski definition) is 0. The third-order valence-corrected chi connectivity index (χ3v) is 3.11. The number of aromatic nitrogens is 2. The molecule has 0 spiro atoms. The first-order valence-corrected chi connectivity index (χ1v) is 6.35. The summed E-state index contributed by atoms with van der Waals surface area (Å²) in [6.45, 7) is 0.900. The molecule has 0 aliphatic heterocycles. The minimum absolute atomic E-state index is 0.900. The van der Waals surface area contributed by atoms with Crippen LogP contribution in [0.5, 0.6) is 0 Å². The van der Waals surface area contributed by atoms with Gasteiger partial charge < -0.3 is 0 Å². The summed E-state index contributed by atoms with van der Waals surface area (Å²) in [5, 5.41) is 0. The van der Waals surface area contributed by atoms with Crippen molar-refractivity contribution >= 4 is 0 Å². The second-order valence-electron chi connectivity index (χ2n) is 4.48. The van der Waals surface area contributed by atoms with Crippen LogP contribution in [0.25, 0.3) is 11.1 Å². The quantitative estimate of drug-likeness (QED) is 0.650. The molecule has 2 nitrogen and oxygen atoms in total. The van der Waals surface area contributed by atoms with Gasteiger partial charge in [0.1, 0.15) is 0 Å². The van der Waals surface area contributed by atoms with Gasteiger partial charge in [-0.05, 0) is 23.3 Å². The fraction of sp³-hybridized carbons (Fsp3) is 0.0588. The summed E-state index contributed by atoms with van der Waals surface area (Å²) in [5.74, 6) is 0. The predicted octanol–water partition coefficient (Wildman–Crippen LogP) is 3.08. The third kappa shape index (κ3) is 2.86. The second-order valence-corrected chi connectivity index (χ2v) is 4.48. The molecule has 0 atom stereocenters. The molecule has 3 rings (SSSR count). The van der Waals surface area contributed by atoms with Crippen LogP contribution in [0.4, 0.5) is 0 Å². The van der Waals surface area contributed by atoms with E-state index in [9.17, 15) is 0 Å². The molecule has 2 aromatic heterocycles. The van der Waals surface area contributed by atoms with Gasteiger partial charge in [0.2, 0.25) is 0 Å². The highest BCUT2D eigenvalue weighted by Gasteiger charge is 2.03. The summed E-state index contributed by atoms with van der Waals surface area (Å²) < 4.78 is 2.18. The molecule has 0 radical (unpaired) electrons. The molecule has 92 valence electrons. The monoisotopic (exact) mass is 247 g/mol. The van der Waals surface area contributed by atoms with E-state index in [0.717, 1.165) is 6.54 Å². The van der Waals surface area contributed by atoms with Crippen LogP contribution in [0.3, 0.4) is 0 Å². The van der Waals surface area contributed by atoms with Crippen molar-refractivity contribution in [3.8, 4) is 11.1 Å². The molecule has 0 saturated carbocycles. The Hall–Kier alpha value is -2.48. The van der Waals surface area contributed by atoms with Crippen LogP contribution in [0.1, 0.15) is 5.56 Å². The molecule has 0 saturated heterocycles. The highest BCUT2D eigenvalue weighted by Crippen LogP contribution is 2.15. The molecular formula is C17H15N2+. The SMILES string of the molecule is c1ccc(C[n+]2ccc(-c3ccncc3)cc2)cc1. The van der Waals surface area contributed by atoms with Gasteiger partial charge in [-0.1, -0.05) is 30.3 Å². The molecule has 2 heterocycles. The Kier molecular flexibility index (Phi) is 3.32. The maximum Gasteiger partial charge on any atom is 0.173 e. The summed E-state index contributed by atoms with van der Waals surface area (Å²) in [6, 6.07) is 18.8. The van der Waals surface area contributed by atoms with E-state index in [-0.39, 0.29) is 0 Å². The lowest BCUT2D eigenvalue weighted by molar-refractivity contribution is -0.688. The van der Waals surface area contributed by atoms with E-state index >= 15 is 0 Å². The zero-order chi connectivity index (χ0) is 12.9. The first kappa shape index (κ1) is 11.6. The lowest BCUT2D eigenvalue weighted by atomic mass is 10.1. The van der Waals surface area contributed by atoms with E-state index in [4.69, 9.17) is 0 Å². The molecule has 1 aromatic carbocycles. The van der Waals surface area contributed by atoms with Crippen molar-refractivity contribution in [3.05, 3.63) is 84.9 Å². The summed E-state index contributed by atoms with van der Waals surface area (Å²) in [4.78, 5) is 4.04. The number of benzene rings is 1. The molecule has 19 heavy (non-hydrogen) atoms. The first-order chi connectivity index (χ1) is 9.42. The van der Waals surface area contributed by atoms with Crippen molar-refractivity contribution < 1.29 is 4.57 Å². The fourth-order valence-electron chi connectivity index (χ4n) is 2.09. The van der Waals surface area contributed by atoms with Crippen molar-refractivity contribution in [1.29, 1.82) is 0 Å². The van der Waals surface area contributed by atoms with Gasteiger partial charge in [-0.3, -0.25) is 4.98 Å². The molecule has 0 fully saturated rings. The average molecular weight is 247 g/mol. The van der Waals surface area contributed by atoms with Crippen LogP contribution >= 0.6 is 0 Å². The van der Waals surface area contributed by atoms with Gasteiger partial charge in [0.05, 0.1) is 0 Å².